The van der Waals surface area contributed by atoms with Crippen LogP contribution in [0.5, 0.6) is 0 Å². The van der Waals surface area contributed by atoms with Crippen LogP contribution in [0.15, 0.2) is 48.5 Å². The summed E-state index contributed by atoms with van der Waals surface area (Å²) in [6, 6.07) is 15.7. The van der Waals surface area contributed by atoms with E-state index in [9.17, 15) is 9.59 Å². The molecule has 0 fully saturated rings. The van der Waals surface area contributed by atoms with E-state index in [1.54, 1.807) is 36.4 Å². The SMILES string of the molecule is N#Cc1ccc(CCC(=O)c2ccccc2C(N)=O)cc1. The van der Waals surface area contributed by atoms with Gasteiger partial charge in [-0.3, -0.25) is 9.59 Å². The maximum absolute atomic E-state index is 12.2. The number of carbonyl (C=O) groups excluding carboxylic acids is 2. The minimum atomic E-state index is -0.600. The number of nitrogens with zero attached hydrogens (tertiary/aromatic N) is 1. The molecule has 0 aliphatic carbocycles. The second-order valence-electron chi connectivity index (χ2n) is 4.64. The van der Waals surface area contributed by atoms with E-state index in [-0.39, 0.29) is 17.8 Å². The normalized spacial score (nSPS) is 9.86. The molecular formula is C17H14N2O2. The van der Waals surface area contributed by atoms with E-state index in [1.165, 1.54) is 0 Å². The summed E-state index contributed by atoms with van der Waals surface area (Å²) in [6.07, 6.45) is 0.841. The summed E-state index contributed by atoms with van der Waals surface area (Å²) >= 11 is 0. The fourth-order valence-corrected chi connectivity index (χ4v) is 2.08. The Hall–Kier alpha value is -2.93. The molecule has 0 saturated heterocycles. The molecule has 2 aromatic carbocycles. The molecular weight excluding hydrogens is 264 g/mol. The van der Waals surface area contributed by atoms with Gasteiger partial charge < -0.3 is 5.73 Å². The Morgan fingerprint density at radius 1 is 1.00 bits per heavy atom. The van der Waals surface area contributed by atoms with E-state index in [0.29, 0.717) is 17.5 Å². The summed E-state index contributed by atoms with van der Waals surface area (Å²) in [5.41, 5.74) is 7.44. The topological polar surface area (TPSA) is 83.9 Å². The van der Waals surface area contributed by atoms with Gasteiger partial charge in [-0.2, -0.15) is 5.26 Å². The summed E-state index contributed by atoms with van der Waals surface area (Å²) in [5, 5.41) is 8.73. The number of amides is 1. The van der Waals surface area contributed by atoms with Crippen LogP contribution in [-0.2, 0) is 6.42 Å². The van der Waals surface area contributed by atoms with Crippen LogP contribution in [-0.4, -0.2) is 11.7 Å². The largest absolute Gasteiger partial charge is 0.366 e. The van der Waals surface area contributed by atoms with E-state index in [1.807, 2.05) is 18.2 Å². The molecule has 21 heavy (non-hydrogen) atoms. The number of aryl methyl sites for hydroxylation is 1. The number of benzene rings is 2. The van der Waals surface area contributed by atoms with Crippen LogP contribution in [0, 0.1) is 11.3 Å². The van der Waals surface area contributed by atoms with Gasteiger partial charge in [0, 0.05) is 17.5 Å². The highest BCUT2D eigenvalue weighted by atomic mass is 16.1. The average Bonchev–Trinajstić information content (AvgIpc) is 2.53. The Bertz CT molecular complexity index is 712. The summed E-state index contributed by atoms with van der Waals surface area (Å²) in [4.78, 5) is 23.5. The summed E-state index contributed by atoms with van der Waals surface area (Å²) in [6.45, 7) is 0. The van der Waals surface area contributed by atoms with Crippen LogP contribution in [0.4, 0.5) is 0 Å². The zero-order valence-corrected chi connectivity index (χ0v) is 11.4. The van der Waals surface area contributed by atoms with Crippen LogP contribution in [0.2, 0.25) is 0 Å². The Balaban J connectivity index is 2.08. The molecule has 4 nitrogen and oxygen atoms in total. The lowest BCUT2D eigenvalue weighted by molar-refractivity contribution is 0.0957. The van der Waals surface area contributed by atoms with E-state index >= 15 is 0 Å². The van der Waals surface area contributed by atoms with Crippen LogP contribution >= 0.6 is 0 Å². The quantitative estimate of drug-likeness (QED) is 0.853. The van der Waals surface area contributed by atoms with Crippen LogP contribution in [0.1, 0.15) is 38.3 Å². The zero-order valence-electron chi connectivity index (χ0n) is 11.4. The fourth-order valence-electron chi connectivity index (χ4n) is 2.08. The predicted molar refractivity (Wildman–Crippen MR) is 78.8 cm³/mol. The Kier molecular flexibility index (Phi) is 4.47. The second kappa shape index (κ2) is 6.49. The highest BCUT2D eigenvalue weighted by Crippen LogP contribution is 2.13. The van der Waals surface area contributed by atoms with E-state index in [2.05, 4.69) is 0 Å². The first-order valence-corrected chi connectivity index (χ1v) is 6.53. The first-order valence-electron chi connectivity index (χ1n) is 6.53. The minimum absolute atomic E-state index is 0.117. The highest BCUT2D eigenvalue weighted by molar-refractivity contribution is 6.07. The van der Waals surface area contributed by atoms with E-state index in [0.717, 1.165) is 5.56 Å². The number of carbonyl (C=O) groups is 2. The number of rotatable bonds is 5. The minimum Gasteiger partial charge on any atom is -0.366 e. The van der Waals surface area contributed by atoms with Gasteiger partial charge in [0.15, 0.2) is 5.78 Å². The number of hydrogen-bond acceptors (Lipinski definition) is 3. The van der Waals surface area contributed by atoms with Crippen molar-refractivity contribution >= 4 is 11.7 Å². The third-order valence-electron chi connectivity index (χ3n) is 3.22. The van der Waals surface area contributed by atoms with Crippen molar-refractivity contribution in [2.24, 2.45) is 5.73 Å². The van der Waals surface area contributed by atoms with Crippen LogP contribution < -0.4 is 5.73 Å². The Labute approximate surface area is 122 Å². The molecule has 2 rings (SSSR count). The van der Waals surface area contributed by atoms with Gasteiger partial charge in [0.25, 0.3) is 0 Å². The standard InChI is InChI=1S/C17H14N2O2/c18-11-13-7-5-12(6-8-13)9-10-16(20)14-3-1-2-4-15(14)17(19)21/h1-8H,9-10H2,(H2,19,21). The van der Waals surface area contributed by atoms with Crippen molar-refractivity contribution in [2.75, 3.05) is 0 Å². The van der Waals surface area contributed by atoms with Crippen molar-refractivity contribution in [1.82, 2.24) is 0 Å². The summed E-state index contributed by atoms with van der Waals surface area (Å²) in [5.74, 6) is -0.717. The van der Waals surface area contributed by atoms with E-state index in [4.69, 9.17) is 11.0 Å². The van der Waals surface area contributed by atoms with Crippen LogP contribution in [0.25, 0.3) is 0 Å². The van der Waals surface area contributed by atoms with Crippen molar-refractivity contribution in [2.45, 2.75) is 12.8 Å². The smallest absolute Gasteiger partial charge is 0.249 e. The van der Waals surface area contributed by atoms with Crippen molar-refractivity contribution in [3.05, 3.63) is 70.8 Å². The zero-order chi connectivity index (χ0) is 15.2. The van der Waals surface area contributed by atoms with Gasteiger partial charge >= 0.3 is 0 Å². The molecule has 0 atom stereocenters. The number of ketones is 1. The lowest BCUT2D eigenvalue weighted by Gasteiger charge is -2.06. The third kappa shape index (κ3) is 3.54. The molecule has 0 heterocycles. The van der Waals surface area contributed by atoms with Gasteiger partial charge in [-0.05, 0) is 30.2 Å². The van der Waals surface area contributed by atoms with Gasteiger partial charge in [0.05, 0.1) is 11.6 Å². The molecule has 0 saturated carbocycles. The molecule has 104 valence electrons. The van der Waals surface area contributed by atoms with Crippen molar-refractivity contribution in [3.63, 3.8) is 0 Å². The second-order valence-corrected chi connectivity index (χ2v) is 4.64. The maximum Gasteiger partial charge on any atom is 0.249 e. The molecule has 1 amide bonds. The van der Waals surface area contributed by atoms with Gasteiger partial charge in [-0.25, -0.2) is 0 Å². The lowest BCUT2D eigenvalue weighted by atomic mass is 9.98. The van der Waals surface area contributed by atoms with Crippen molar-refractivity contribution in [3.8, 4) is 6.07 Å². The molecule has 4 heteroatoms. The highest BCUT2D eigenvalue weighted by Gasteiger charge is 2.14. The molecule has 0 radical (unpaired) electrons. The Morgan fingerprint density at radius 3 is 2.19 bits per heavy atom. The Morgan fingerprint density at radius 2 is 1.62 bits per heavy atom. The van der Waals surface area contributed by atoms with E-state index < -0.39 is 5.91 Å². The van der Waals surface area contributed by atoms with Gasteiger partial charge in [-0.15, -0.1) is 0 Å². The van der Waals surface area contributed by atoms with Gasteiger partial charge in [-0.1, -0.05) is 30.3 Å². The molecule has 2 aromatic rings. The molecule has 0 aliphatic heterocycles. The first-order chi connectivity index (χ1) is 10.1. The van der Waals surface area contributed by atoms with Gasteiger partial charge in [0.1, 0.15) is 0 Å². The molecule has 2 N–H and O–H groups in total. The number of hydrogen-bond donors (Lipinski definition) is 1. The van der Waals surface area contributed by atoms with Crippen molar-refractivity contribution in [1.29, 1.82) is 5.26 Å². The summed E-state index contributed by atoms with van der Waals surface area (Å²) in [7, 11) is 0. The van der Waals surface area contributed by atoms with Gasteiger partial charge in [0.2, 0.25) is 5.91 Å². The average molecular weight is 278 g/mol. The van der Waals surface area contributed by atoms with Crippen molar-refractivity contribution < 1.29 is 9.59 Å². The summed E-state index contributed by atoms with van der Waals surface area (Å²) < 4.78 is 0. The monoisotopic (exact) mass is 278 g/mol. The number of Topliss-reactive ketones (excluding diaryl/α,β-unsaturated/α-hetero) is 1. The molecule has 0 bridgehead atoms. The lowest BCUT2D eigenvalue weighted by Crippen LogP contribution is -2.16. The fraction of sp³-hybridized carbons (Fsp3) is 0.118. The molecule has 0 aromatic heterocycles. The number of nitriles is 1. The molecule has 0 aliphatic rings. The number of nitrogens with two attached hydrogens (primary N) is 1. The third-order valence-corrected chi connectivity index (χ3v) is 3.22. The van der Waals surface area contributed by atoms with Crippen LogP contribution in [0.3, 0.4) is 0 Å². The molecule has 0 unspecified atom stereocenters. The predicted octanol–water partition coefficient (Wildman–Crippen LogP) is 2.47. The maximum atomic E-state index is 12.2. The first kappa shape index (κ1) is 14.5. The number of primary amides is 1. The molecule has 0 spiro atoms.